The molecular formula is C21H22BrN3O. The average Bonchev–Trinajstić information content (AvgIpc) is 2.97. The Kier molecular flexibility index (Phi) is 4.81. The van der Waals surface area contributed by atoms with Crippen LogP contribution in [-0.2, 0) is 6.42 Å². The third-order valence-corrected chi connectivity index (χ3v) is 5.70. The predicted octanol–water partition coefficient (Wildman–Crippen LogP) is 4.50. The molecule has 0 saturated carbocycles. The number of halogens is 1. The molecule has 1 saturated heterocycles. The monoisotopic (exact) mass is 411 g/mol. The number of aryl methyl sites for hydroxylation is 1. The lowest BCUT2D eigenvalue weighted by atomic mass is 9.90. The zero-order valence-corrected chi connectivity index (χ0v) is 16.4. The smallest absolute Gasteiger partial charge is 0.272 e. The van der Waals surface area contributed by atoms with Crippen LogP contribution in [0.5, 0.6) is 0 Å². The van der Waals surface area contributed by atoms with Crippen LogP contribution in [0.3, 0.4) is 0 Å². The van der Waals surface area contributed by atoms with Gasteiger partial charge in [0.15, 0.2) is 0 Å². The second-order valence-electron chi connectivity index (χ2n) is 7.05. The summed E-state index contributed by atoms with van der Waals surface area (Å²) in [6.45, 7) is 3.55. The van der Waals surface area contributed by atoms with Gasteiger partial charge in [0.25, 0.3) is 5.91 Å². The van der Waals surface area contributed by atoms with Crippen LogP contribution in [0.15, 0.2) is 53.1 Å². The number of likely N-dealkylation sites (tertiary alicyclic amines) is 1. The van der Waals surface area contributed by atoms with Crippen molar-refractivity contribution in [3.8, 4) is 0 Å². The van der Waals surface area contributed by atoms with Crippen LogP contribution in [0, 0.1) is 12.8 Å². The minimum absolute atomic E-state index is 0.0891. The first kappa shape index (κ1) is 17.3. The first-order chi connectivity index (χ1) is 12.6. The molecule has 0 unspecified atom stereocenters. The van der Waals surface area contributed by atoms with Gasteiger partial charge in [0.2, 0.25) is 0 Å². The second kappa shape index (κ2) is 7.23. The highest BCUT2D eigenvalue weighted by Crippen LogP contribution is 2.24. The summed E-state index contributed by atoms with van der Waals surface area (Å²) in [5.74, 6) is 0.741. The number of amides is 1. The summed E-state index contributed by atoms with van der Waals surface area (Å²) in [6.07, 6.45) is 5.13. The van der Waals surface area contributed by atoms with Gasteiger partial charge in [0.05, 0.1) is 5.69 Å². The topological polar surface area (TPSA) is 37.6 Å². The van der Waals surface area contributed by atoms with Gasteiger partial charge < -0.3 is 4.90 Å². The number of fused-ring (bicyclic) bond motifs is 1. The van der Waals surface area contributed by atoms with Gasteiger partial charge in [-0.05, 0) is 65.7 Å². The Morgan fingerprint density at radius 2 is 1.88 bits per heavy atom. The van der Waals surface area contributed by atoms with Crippen molar-refractivity contribution in [3.05, 3.63) is 70.1 Å². The molecule has 0 N–H and O–H groups in total. The molecule has 4 nitrogen and oxygen atoms in total. The first-order valence-corrected chi connectivity index (χ1v) is 9.88. The normalized spacial score (nSPS) is 15.5. The molecule has 0 aliphatic carbocycles. The fourth-order valence-corrected chi connectivity index (χ4v) is 4.17. The summed E-state index contributed by atoms with van der Waals surface area (Å²) in [7, 11) is 0. The van der Waals surface area contributed by atoms with E-state index in [0.717, 1.165) is 48.2 Å². The molecule has 0 spiro atoms. The van der Waals surface area contributed by atoms with Crippen molar-refractivity contribution in [2.75, 3.05) is 13.1 Å². The molecule has 3 aromatic rings. The maximum absolute atomic E-state index is 13.1. The van der Waals surface area contributed by atoms with Gasteiger partial charge in [0, 0.05) is 23.8 Å². The summed E-state index contributed by atoms with van der Waals surface area (Å²) in [5.41, 5.74) is 3.68. The number of piperidine rings is 1. The van der Waals surface area contributed by atoms with Crippen LogP contribution in [0.2, 0.25) is 0 Å². The number of rotatable bonds is 3. The lowest BCUT2D eigenvalue weighted by Gasteiger charge is -2.32. The molecule has 2 aromatic heterocycles. The number of hydrogen-bond donors (Lipinski definition) is 0. The molecule has 4 rings (SSSR count). The summed E-state index contributed by atoms with van der Waals surface area (Å²) in [4.78, 5) is 19.6. The lowest BCUT2D eigenvalue weighted by Crippen LogP contribution is -2.39. The van der Waals surface area contributed by atoms with E-state index in [-0.39, 0.29) is 5.91 Å². The third-order valence-electron chi connectivity index (χ3n) is 5.23. The zero-order valence-electron chi connectivity index (χ0n) is 14.9. The number of hydrogen-bond acceptors (Lipinski definition) is 2. The average molecular weight is 412 g/mol. The predicted molar refractivity (Wildman–Crippen MR) is 106 cm³/mol. The molecule has 5 heteroatoms. The highest BCUT2D eigenvalue weighted by molar-refractivity contribution is 9.10. The summed E-state index contributed by atoms with van der Waals surface area (Å²) in [5, 5.41) is 0. The van der Waals surface area contributed by atoms with E-state index < -0.39 is 0 Å². The Hall–Kier alpha value is -2.14. The van der Waals surface area contributed by atoms with Gasteiger partial charge in [-0.2, -0.15) is 0 Å². The van der Waals surface area contributed by atoms with Gasteiger partial charge in [-0.3, -0.25) is 9.20 Å². The number of carbonyl (C=O) groups excluding carboxylic acids is 1. The molecule has 0 atom stereocenters. The minimum Gasteiger partial charge on any atom is -0.337 e. The Morgan fingerprint density at radius 1 is 1.15 bits per heavy atom. The molecule has 0 radical (unpaired) electrons. The van der Waals surface area contributed by atoms with E-state index in [0.29, 0.717) is 11.6 Å². The molecule has 1 aliphatic heterocycles. The van der Waals surface area contributed by atoms with Gasteiger partial charge in [-0.15, -0.1) is 0 Å². The van der Waals surface area contributed by atoms with Gasteiger partial charge >= 0.3 is 0 Å². The van der Waals surface area contributed by atoms with E-state index in [1.165, 1.54) is 5.56 Å². The number of nitrogens with zero attached hydrogens (tertiary/aromatic N) is 3. The molecule has 26 heavy (non-hydrogen) atoms. The fourth-order valence-electron chi connectivity index (χ4n) is 3.83. The molecule has 1 aliphatic rings. The number of imidazole rings is 1. The Bertz CT molecular complexity index is 927. The minimum atomic E-state index is 0.0891. The number of carbonyl (C=O) groups is 1. The molecule has 0 bridgehead atoms. The first-order valence-electron chi connectivity index (χ1n) is 9.09. The van der Waals surface area contributed by atoms with E-state index in [1.807, 2.05) is 34.6 Å². The van der Waals surface area contributed by atoms with Gasteiger partial charge in [-0.1, -0.05) is 30.3 Å². The summed E-state index contributed by atoms with van der Waals surface area (Å²) < 4.78 is 2.84. The highest BCUT2D eigenvalue weighted by Gasteiger charge is 2.27. The standard InChI is InChI=1S/C21H22BrN3O/c1-15-20(25-14-18(22)7-8-19(25)23-15)21(26)24-11-9-17(10-12-24)13-16-5-3-2-4-6-16/h2-8,14,17H,9-13H2,1H3. The van der Waals surface area contributed by atoms with Crippen molar-refractivity contribution in [2.24, 2.45) is 5.92 Å². The van der Waals surface area contributed by atoms with Crippen LogP contribution < -0.4 is 0 Å². The quantitative estimate of drug-likeness (QED) is 0.635. The van der Waals surface area contributed by atoms with Crippen LogP contribution in [0.25, 0.3) is 5.65 Å². The van der Waals surface area contributed by atoms with Crippen LogP contribution in [-0.4, -0.2) is 33.3 Å². The maximum atomic E-state index is 13.1. The fraction of sp³-hybridized carbons (Fsp3) is 0.333. The van der Waals surface area contributed by atoms with E-state index in [9.17, 15) is 4.79 Å². The second-order valence-corrected chi connectivity index (χ2v) is 7.96. The van der Waals surface area contributed by atoms with E-state index >= 15 is 0 Å². The largest absolute Gasteiger partial charge is 0.337 e. The van der Waals surface area contributed by atoms with Gasteiger partial charge in [-0.25, -0.2) is 4.98 Å². The Morgan fingerprint density at radius 3 is 2.62 bits per heavy atom. The van der Waals surface area contributed by atoms with Crippen molar-refractivity contribution in [1.29, 1.82) is 0 Å². The molecule has 3 heterocycles. The number of pyridine rings is 1. The molecule has 1 aromatic carbocycles. The van der Waals surface area contributed by atoms with Crippen molar-refractivity contribution < 1.29 is 4.79 Å². The van der Waals surface area contributed by atoms with Crippen LogP contribution in [0.4, 0.5) is 0 Å². The zero-order chi connectivity index (χ0) is 18.1. The van der Waals surface area contributed by atoms with Crippen LogP contribution in [0.1, 0.15) is 34.6 Å². The van der Waals surface area contributed by atoms with Crippen molar-refractivity contribution >= 4 is 27.5 Å². The third kappa shape index (κ3) is 3.40. The summed E-state index contributed by atoms with van der Waals surface area (Å²) in [6, 6.07) is 14.5. The van der Waals surface area contributed by atoms with Crippen molar-refractivity contribution in [1.82, 2.24) is 14.3 Å². The van der Waals surface area contributed by atoms with E-state index in [1.54, 1.807) is 0 Å². The molecule has 1 amide bonds. The van der Waals surface area contributed by atoms with E-state index in [4.69, 9.17) is 0 Å². The Labute approximate surface area is 162 Å². The van der Waals surface area contributed by atoms with Crippen LogP contribution >= 0.6 is 15.9 Å². The summed E-state index contributed by atoms with van der Waals surface area (Å²) >= 11 is 3.49. The Balaban J connectivity index is 1.47. The molecular weight excluding hydrogens is 390 g/mol. The van der Waals surface area contributed by atoms with E-state index in [2.05, 4.69) is 51.2 Å². The SMILES string of the molecule is Cc1nc2ccc(Br)cn2c1C(=O)N1CCC(Cc2ccccc2)CC1. The molecule has 1 fully saturated rings. The number of benzene rings is 1. The number of aromatic nitrogens is 2. The van der Waals surface area contributed by atoms with Crippen molar-refractivity contribution in [3.63, 3.8) is 0 Å². The van der Waals surface area contributed by atoms with Crippen molar-refractivity contribution in [2.45, 2.75) is 26.2 Å². The molecule has 134 valence electrons. The lowest BCUT2D eigenvalue weighted by molar-refractivity contribution is 0.0682. The maximum Gasteiger partial charge on any atom is 0.272 e. The highest BCUT2D eigenvalue weighted by atomic mass is 79.9. The van der Waals surface area contributed by atoms with Gasteiger partial charge in [0.1, 0.15) is 11.3 Å².